The van der Waals surface area contributed by atoms with Gasteiger partial charge in [0.05, 0.1) is 12.3 Å². The van der Waals surface area contributed by atoms with Crippen molar-refractivity contribution < 1.29 is 17.9 Å². The van der Waals surface area contributed by atoms with Gasteiger partial charge in [-0.2, -0.15) is 0 Å². The van der Waals surface area contributed by atoms with Gasteiger partial charge in [0, 0.05) is 13.6 Å². The number of hydrogen-bond donors (Lipinski definition) is 1. The highest BCUT2D eigenvalue weighted by atomic mass is 32.2. The van der Waals surface area contributed by atoms with Crippen LogP contribution in [0.15, 0.2) is 0 Å². The Hall–Kier alpha value is -0.820. The summed E-state index contributed by atoms with van der Waals surface area (Å²) in [6.45, 7) is 2.40. The summed E-state index contributed by atoms with van der Waals surface area (Å²) in [4.78, 5) is 12.4. The van der Waals surface area contributed by atoms with E-state index in [2.05, 4.69) is 4.72 Å². The molecule has 1 aliphatic rings. The van der Waals surface area contributed by atoms with Gasteiger partial charge < -0.3 is 9.64 Å². The van der Waals surface area contributed by atoms with Crippen LogP contribution in [0.3, 0.4) is 0 Å². The van der Waals surface area contributed by atoms with Crippen LogP contribution in [-0.4, -0.2) is 51.4 Å². The summed E-state index contributed by atoms with van der Waals surface area (Å²) >= 11 is 0. The van der Waals surface area contributed by atoms with Crippen molar-refractivity contribution >= 4 is 16.1 Å². The molecule has 0 aliphatic carbocycles. The lowest BCUT2D eigenvalue weighted by Gasteiger charge is -2.08. The summed E-state index contributed by atoms with van der Waals surface area (Å²) in [5, 5.41) is 0. The summed E-state index contributed by atoms with van der Waals surface area (Å²) in [5.41, 5.74) is 0. The van der Waals surface area contributed by atoms with Gasteiger partial charge in [-0.3, -0.25) is 0 Å². The van der Waals surface area contributed by atoms with E-state index in [0.29, 0.717) is 19.5 Å². The molecule has 88 valence electrons. The minimum atomic E-state index is -3.14. The predicted molar refractivity (Wildman–Crippen MR) is 55.0 cm³/mol. The number of cyclic esters (lactones) is 1. The number of rotatable bonds is 5. The topological polar surface area (TPSA) is 75.7 Å². The van der Waals surface area contributed by atoms with Crippen LogP contribution < -0.4 is 4.72 Å². The van der Waals surface area contributed by atoms with Crippen molar-refractivity contribution in [2.45, 2.75) is 19.4 Å². The third kappa shape index (κ3) is 3.67. The molecule has 1 aliphatic heterocycles. The smallest absolute Gasteiger partial charge is 0.409 e. The van der Waals surface area contributed by atoms with Crippen LogP contribution in [0.1, 0.15) is 13.3 Å². The average Bonchev–Trinajstić information content (AvgIpc) is 2.46. The Morgan fingerprint density at radius 1 is 1.60 bits per heavy atom. The second-order valence-electron chi connectivity index (χ2n) is 3.47. The molecule has 1 amide bonds. The summed E-state index contributed by atoms with van der Waals surface area (Å²) in [5.74, 6) is 0.0668. The number of nitrogens with zero attached hydrogens (tertiary/aromatic N) is 1. The Morgan fingerprint density at radius 2 is 2.27 bits per heavy atom. The Balaban J connectivity index is 2.25. The van der Waals surface area contributed by atoms with E-state index in [9.17, 15) is 13.2 Å². The largest absolute Gasteiger partial charge is 0.444 e. The quantitative estimate of drug-likeness (QED) is 0.715. The maximum Gasteiger partial charge on any atom is 0.409 e. The van der Waals surface area contributed by atoms with Gasteiger partial charge in [-0.25, -0.2) is 17.9 Å². The number of hydrogen-bond acceptors (Lipinski definition) is 4. The molecule has 1 fully saturated rings. The summed E-state index contributed by atoms with van der Waals surface area (Å²) in [6, 6.07) is 0. The maximum atomic E-state index is 11.1. The Labute approximate surface area is 89.6 Å². The SMILES string of the molecule is CCS(=O)(=O)NCCC1CN(C)C(=O)O1. The molecule has 1 unspecified atom stereocenters. The van der Waals surface area contributed by atoms with Gasteiger partial charge in [0.15, 0.2) is 0 Å². The molecule has 0 saturated carbocycles. The molecule has 1 atom stereocenters. The highest BCUT2D eigenvalue weighted by Gasteiger charge is 2.27. The summed E-state index contributed by atoms with van der Waals surface area (Å²) in [7, 11) is -1.49. The summed E-state index contributed by atoms with van der Waals surface area (Å²) in [6.07, 6.45) is -0.0459. The van der Waals surface area contributed by atoms with Crippen molar-refractivity contribution in [3.05, 3.63) is 0 Å². The predicted octanol–water partition coefficient (Wildman–Crippen LogP) is -0.234. The van der Waals surface area contributed by atoms with Crippen molar-refractivity contribution in [1.82, 2.24) is 9.62 Å². The number of amides is 1. The molecule has 0 spiro atoms. The van der Waals surface area contributed by atoms with E-state index in [4.69, 9.17) is 4.74 Å². The van der Waals surface area contributed by atoms with E-state index < -0.39 is 10.0 Å². The Kier molecular flexibility index (Phi) is 3.92. The lowest BCUT2D eigenvalue weighted by atomic mass is 10.2. The third-order valence-corrected chi connectivity index (χ3v) is 3.63. The van der Waals surface area contributed by atoms with Crippen molar-refractivity contribution in [3.8, 4) is 0 Å². The van der Waals surface area contributed by atoms with E-state index in [1.165, 1.54) is 4.90 Å². The van der Waals surface area contributed by atoms with Crippen LogP contribution in [0.5, 0.6) is 0 Å². The molecular weight excluding hydrogens is 220 g/mol. The monoisotopic (exact) mass is 236 g/mol. The number of carbonyl (C=O) groups excluding carboxylic acids is 1. The number of nitrogens with one attached hydrogen (secondary N) is 1. The van der Waals surface area contributed by atoms with Crippen LogP contribution in [0.2, 0.25) is 0 Å². The molecule has 0 aromatic heterocycles. The first-order chi connectivity index (χ1) is 6.94. The molecule has 0 aromatic carbocycles. The molecule has 1 N–H and O–H groups in total. The zero-order chi connectivity index (χ0) is 11.5. The van der Waals surface area contributed by atoms with Crippen molar-refractivity contribution in [2.24, 2.45) is 0 Å². The number of ether oxygens (including phenoxy) is 1. The molecule has 7 heteroatoms. The first kappa shape index (κ1) is 12.3. The van der Waals surface area contributed by atoms with Crippen LogP contribution in [0.25, 0.3) is 0 Å². The van der Waals surface area contributed by atoms with Crippen molar-refractivity contribution in [3.63, 3.8) is 0 Å². The third-order valence-electron chi connectivity index (χ3n) is 2.22. The standard InChI is InChI=1S/C8H16N2O4S/c1-3-15(12,13)9-5-4-7-6-10(2)8(11)14-7/h7,9H,3-6H2,1-2H3. The van der Waals surface area contributed by atoms with E-state index in [-0.39, 0.29) is 18.0 Å². The summed E-state index contributed by atoms with van der Waals surface area (Å²) < 4.78 is 29.5. The van der Waals surface area contributed by atoms with Gasteiger partial charge in [-0.15, -0.1) is 0 Å². The second kappa shape index (κ2) is 4.80. The molecule has 1 heterocycles. The molecule has 0 aromatic rings. The van der Waals surface area contributed by atoms with Gasteiger partial charge in [0.25, 0.3) is 0 Å². The van der Waals surface area contributed by atoms with E-state index >= 15 is 0 Å². The van der Waals surface area contributed by atoms with E-state index in [1.54, 1.807) is 14.0 Å². The molecular formula is C8H16N2O4S. The second-order valence-corrected chi connectivity index (χ2v) is 5.57. The number of sulfonamides is 1. The maximum absolute atomic E-state index is 11.1. The van der Waals surface area contributed by atoms with E-state index in [0.717, 1.165) is 0 Å². The molecule has 1 saturated heterocycles. The van der Waals surface area contributed by atoms with Crippen LogP contribution >= 0.6 is 0 Å². The van der Waals surface area contributed by atoms with Crippen molar-refractivity contribution in [1.29, 1.82) is 0 Å². The zero-order valence-electron chi connectivity index (χ0n) is 8.89. The Morgan fingerprint density at radius 3 is 2.73 bits per heavy atom. The molecule has 15 heavy (non-hydrogen) atoms. The average molecular weight is 236 g/mol. The normalized spacial score (nSPS) is 21.9. The molecule has 1 rings (SSSR count). The van der Waals surface area contributed by atoms with Crippen LogP contribution in [0, 0.1) is 0 Å². The number of carbonyl (C=O) groups is 1. The first-order valence-electron chi connectivity index (χ1n) is 4.83. The Bertz CT molecular complexity index is 328. The lowest BCUT2D eigenvalue weighted by Crippen LogP contribution is -2.29. The number of likely N-dealkylation sites (N-methyl/N-ethyl adjacent to an activating group) is 1. The lowest BCUT2D eigenvalue weighted by molar-refractivity contribution is 0.131. The van der Waals surface area contributed by atoms with Gasteiger partial charge in [0.1, 0.15) is 6.10 Å². The molecule has 0 bridgehead atoms. The first-order valence-corrected chi connectivity index (χ1v) is 6.49. The van der Waals surface area contributed by atoms with E-state index in [1.807, 2.05) is 0 Å². The molecule has 6 nitrogen and oxygen atoms in total. The van der Waals surface area contributed by atoms with Crippen LogP contribution in [0.4, 0.5) is 4.79 Å². The fourth-order valence-corrected chi connectivity index (χ4v) is 1.91. The fourth-order valence-electron chi connectivity index (χ4n) is 1.28. The van der Waals surface area contributed by atoms with Crippen molar-refractivity contribution in [2.75, 3.05) is 25.9 Å². The fraction of sp³-hybridized carbons (Fsp3) is 0.875. The highest BCUT2D eigenvalue weighted by molar-refractivity contribution is 7.89. The minimum Gasteiger partial charge on any atom is -0.444 e. The van der Waals surface area contributed by atoms with Gasteiger partial charge in [-0.05, 0) is 13.3 Å². The highest BCUT2D eigenvalue weighted by Crippen LogP contribution is 2.11. The molecule has 0 radical (unpaired) electrons. The van der Waals surface area contributed by atoms with Gasteiger partial charge in [-0.1, -0.05) is 0 Å². The zero-order valence-corrected chi connectivity index (χ0v) is 9.71. The van der Waals surface area contributed by atoms with Gasteiger partial charge >= 0.3 is 6.09 Å². The van der Waals surface area contributed by atoms with Crippen LogP contribution in [-0.2, 0) is 14.8 Å². The van der Waals surface area contributed by atoms with Gasteiger partial charge in [0.2, 0.25) is 10.0 Å². The minimum absolute atomic E-state index is 0.0668.